The van der Waals surface area contributed by atoms with Gasteiger partial charge in [-0.1, -0.05) is 42.5 Å². The molecule has 116 valence electrons. The predicted molar refractivity (Wildman–Crippen MR) is 82.8 cm³/mol. The first kappa shape index (κ1) is 16.0. The Morgan fingerprint density at radius 2 is 1.82 bits per heavy atom. The third kappa shape index (κ3) is 4.56. The minimum absolute atomic E-state index is 0.0107. The zero-order chi connectivity index (χ0) is 15.9. The Bertz CT molecular complexity index is 619. The summed E-state index contributed by atoms with van der Waals surface area (Å²) in [7, 11) is 0. The molecule has 2 rings (SSSR count). The molecule has 0 aliphatic heterocycles. The van der Waals surface area contributed by atoms with Crippen LogP contribution >= 0.6 is 0 Å². The maximum absolute atomic E-state index is 13.1. The third-order valence-corrected chi connectivity index (χ3v) is 3.34. The van der Waals surface area contributed by atoms with Crippen LogP contribution in [0.4, 0.5) is 9.18 Å². The van der Waals surface area contributed by atoms with Crippen LogP contribution in [0.2, 0.25) is 0 Å². The van der Waals surface area contributed by atoms with Gasteiger partial charge in [-0.15, -0.1) is 0 Å². The van der Waals surface area contributed by atoms with Crippen molar-refractivity contribution in [3.63, 3.8) is 0 Å². The van der Waals surface area contributed by atoms with Crippen LogP contribution in [-0.2, 0) is 0 Å². The molecule has 0 unspecified atom stereocenters. The lowest BCUT2D eigenvalue weighted by Crippen LogP contribution is -2.39. The van der Waals surface area contributed by atoms with Crippen LogP contribution in [0.3, 0.4) is 0 Å². The second-order valence-electron chi connectivity index (χ2n) is 5.06. The fraction of sp³-hybridized carbons (Fsp3) is 0.235. The molecular weight excluding hydrogens is 283 g/mol. The average molecular weight is 302 g/mol. The summed E-state index contributed by atoms with van der Waals surface area (Å²) in [6.45, 7) is 1.88. The molecule has 2 amide bonds. The maximum Gasteiger partial charge on any atom is 0.315 e. The molecule has 0 radical (unpaired) electrons. The molecule has 0 saturated heterocycles. The fourth-order valence-electron chi connectivity index (χ4n) is 2.09. The molecule has 2 aromatic rings. The number of benzene rings is 2. The van der Waals surface area contributed by atoms with Crippen LogP contribution in [0.5, 0.6) is 0 Å². The van der Waals surface area contributed by atoms with Gasteiger partial charge in [-0.05, 0) is 30.2 Å². The molecule has 0 heterocycles. The molecule has 0 fully saturated rings. The van der Waals surface area contributed by atoms with E-state index in [1.165, 1.54) is 18.2 Å². The number of carbonyl (C=O) groups is 1. The number of nitrogens with one attached hydrogen (secondary N) is 2. The van der Waals surface area contributed by atoms with Crippen LogP contribution in [0.1, 0.15) is 30.2 Å². The Hall–Kier alpha value is -2.40. The van der Waals surface area contributed by atoms with Crippen molar-refractivity contribution in [2.75, 3.05) is 6.54 Å². The highest BCUT2D eigenvalue weighted by Gasteiger charge is 2.12. The van der Waals surface area contributed by atoms with Crippen LogP contribution in [0.15, 0.2) is 54.6 Å². The highest BCUT2D eigenvalue weighted by molar-refractivity contribution is 5.74. The number of carbonyl (C=O) groups excluding carboxylic acids is 1. The predicted octanol–water partition coefficient (Wildman–Crippen LogP) is 2.92. The molecule has 0 bridgehead atoms. The van der Waals surface area contributed by atoms with Gasteiger partial charge in [0.15, 0.2) is 0 Å². The summed E-state index contributed by atoms with van der Waals surface area (Å²) >= 11 is 0. The zero-order valence-corrected chi connectivity index (χ0v) is 12.3. The van der Waals surface area contributed by atoms with E-state index in [1.54, 1.807) is 6.07 Å². The molecule has 2 aromatic carbocycles. The monoisotopic (exact) mass is 302 g/mol. The first-order valence-electron chi connectivity index (χ1n) is 7.09. The van der Waals surface area contributed by atoms with Crippen molar-refractivity contribution < 1.29 is 14.3 Å². The summed E-state index contributed by atoms with van der Waals surface area (Å²) in [5, 5.41) is 15.3. The highest BCUT2D eigenvalue weighted by atomic mass is 19.1. The second-order valence-corrected chi connectivity index (χ2v) is 5.06. The molecule has 3 N–H and O–H groups in total. The van der Waals surface area contributed by atoms with E-state index in [0.29, 0.717) is 5.56 Å². The van der Waals surface area contributed by atoms with Crippen molar-refractivity contribution in [1.82, 2.24) is 10.6 Å². The van der Waals surface area contributed by atoms with Gasteiger partial charge in [-0.25, -0.2) is 9.18 Å². The van der Waals surface area contributed by atoms with Gasteiger partial charge in [0.1, 0.15) is 5.82 Å². The lowest BCUT2D eigenvalue weighted by atomic mass is 10.1. The fourth-order valence-corrected chi connectivity index (χ4v) is 2.09. The van der Waals surface area contributed by atoms with E-state index in [9.17, 15) is 14.3 Å². The van der Waals surface area contributed by atoms with Crippen LogP contribution < -0.4 is 10.6 Å². The molecular formula is C17H19FN2O2. The Kier molecular flexibility index (Phi) is 5.49. The number of hydrogen-bond acceptors (Lipinski definition) is 2. The first-order chi connectivity index (χ1) is 10.6. The molecule has 4 nitrogen and oxygen atoms in total. The average Bonchev–Trinajstić information content (AvgIpc) is 2.53. The smallest absolute Gasteiger partial charge is 0.315 e. The Balaban J connectivity index is 1.82. The summed E-state index contributed by atoms with van der Waals surface area (Å²) < 4.78 is 13.1. The third-order valence-electron chi connectivity index (χ3n) is 3.34. The van der Waals surface area contributed by atoms with Crippen LogP contribution in [-0.4, -0.2) is 17.7 Å². The minimum Gasteiger partial charge on any atom is -0.387 e. The SMILES string of the molecule is C[C@H](NC(=O)NC[C@H](O)c1cccc(F)c1)c1ccccc1. The zero-order valence-electron chi connectivity index (χ0n) is 12.3. The Morgan fingerprint density at radius 3 is 2.50 bits per heavy atom. The van der Waals surface area contributed by atoms with Gasteiger partial charge in [0.2, 0.25) is 0 Å². The first-order valence-corrected chi connectivity index (χ1v) is 7.09. The summed E-state index contributed by atoms with van der Waals surface area (Å²) in [5.74, 6) is -0.418. The maximum atomic E-state index is 13.1. The van der Waals surface area contributed by atoms with E-state index in [0.717, 1.165) is 5.56 Å². The van der Waals surface area contributed by atoms with Crippen LogP contribution in [0, 0.1) is 5.82 Å². The molecule has 0 aliphatic rings. The molecule has 0 spiro atoms. The van der Waals surface area contributed by atoms with E-state index in [4.69, 9.17) is 0 Å². The molecule has 0 aromatic heterocycles. The van der Waals surface area contributed by atoms with Gasteiger partial charge in [0.25, 0.3) is 0 Å². The normalized spacial score (nSPS) is 13.2. The van der Waals surface area contributed by atoms with Gasteiger partial charge in [-0.3, -0.25) is 0 Å². The number of hydrogen-bond donors (Lipinski definition) is 3. The minimum atomic E-state index is -0.950. The van der Waals surface area contributed by atoms with Gasteiger partial charge >= 0.3 is 6.03 Å². The summed E-state index contributed by atoms with van der Waals surface area (Å²) in [5.41, 5.74) is 1.42. The topological polar surface area (TPSA) is 61.4 Å². The summed E-state index contributed by atoms with van der Waals surface area (Å²) in [6.07, 6.45) is -0.950. The van der Waals surface area contributed by atoms with Gasteiger partial charge in [0, 0.05) is 6.54 Å². The number of aliphatic hydroxyl groups excluding tert-OH is 1. The molecule has 22 heavy (non-hydrogen) atoms. The van der Waals surface area contributed by atoms with E-state index >= 15 is 0 Å². The van der Waals surface area contributed by atoms with Crippen molar-refractivity contribution in [3.8, 4) is 0 Å². The van der Waals surface area contributed by atoms with E-state index in [-0.39, 0.29) is 18.6 Å². The van der Waals surface area contributed by atoms with E-state index in [2.05, 4.69) is 10.6 Å². The standard InChI is InChI=1S/C17H19FN2O2/c1-12(13-6-3-2-4-7-13)20-17(22)19-11-16(21)14-8-5-9-15(18)10-14/h2-10,12,16,21H,11H2,1H3,(H2,19,20,22)/t12-,16-/m0/s1. The quantitative estimate of drug-likeness (QED) is 0.795. The summed E-state index contributed by atoms with van der Waals surface area (Å²) in [4.78, 5) is 11.8. The van der Waals surface area contributed by atoms with Crippen molar-refractivity contribution in [1.29, 1.82) is 0 Å². The van der Waals surface area contributed by atoms with Crippen molar-refractivity contribution in [3.05, 3.63) is 71.5 Å². The van der Waals surface area contributed by atoms with Crippen molar-refractivity contribution in [2.24, 2.45) is 0 Å². The largest absolute Gasteiger partial charge is 0.387 e. The van der Waals surface area contributed by atoms with E-state index < -0.39 is 11.9 Å². The summed E-state index contributed by atoms with van der Waals surface area (Å²) in [6, 6.07) is 14.7. The number of urea groups is 1. The number of halogens is 1. The molecule has 0 saturated carbocycles. The molecule has 2 atom stereocenters. The highest BCUT2D eigenvalue weighted by Crippen LogP contribution is 2.13. The number of rotatable bonds is 5. The van der Waals surface area contributed by atoms with Gasteiger partial charge < -0.3 is 15.7 Å². The van der Waals surface area contributed by atoms with Gasteiger partial charge in [0.05, 0.1) is 12.1 Å². The van der Waals surface area contributed by atoms with Crippen molar-refractivity contribution >= 4 is 6.03 Å². The van der Waals surface area contributed by atoms with Gasteiger partial charge in [-0.2, -0.15) is 0 Å². The lowest BCUT2D eigenvalue weighted by Gasteiger charge is -2.17. The lowest BCUT2D eigenvalue weighted by molar-refractivity contribution is 0.172. The molecule has 5 heteroatoms. The van der Waals surface area contributed by atoms with Crippen LogP contribution in [0.25, 0.3) is 0 Å². The number of amides is 2. The van der Waals surface area contributed by atoms with E-state index in [1.807, 2.05) is 37.3 Å². The Labute approximate surface area is 129 Å². The molecule has 0 aliphatic carbocycles. The van der Waals surface area contributed by atoms with Crippen molar-refractivity contribution in [2.45, 2.75) is 19.1 Å². The number of aliphatic hydroxyl groups is 1. The second kappa shape index (κ2) is 7.56. The Morgan fingerprint density at radius 1 is 1.14 bits per heavy atom.